The van der Waals surface area contributed by atoms with Gasteiger partial charge in [0.05, 0.1) is 12.1 Å². The van der Waals surface area contributed by atoms with Crippen molar-refractivity contribution >= 4 is 11.6 Å². The van der Waals surface area contributed by atoms with Gasteiger partial charge in [0, 0.05) is 43.9 Å². The van der Waals surface area contributed by atoms with Crippen LogP contribution in [0.25, 0.3) is 0 Å². The molecule has 35 heavy (non-hydrogen) atoms. The smallest absolute Gasteiger partial charge is 0.193 e. The fourth-order valence-electron chi connectivity index (χ4n) is 4.53. The van der Waals surface area contributed by atoms with E-state index in [1.807, 2.05) is 24.3 Å². The second-order valence-electron chi connectivity index (χ2n) is 10.6. The third kappa shape index (κ3) is 6.84. The molecule has 0 radical (unpaired) electrons. The zero-order valence-corrected chi connectivity index (χ0v) is 21.4. The van der Waals surface area contributed by atoms with E-state index in [1.165, 1.54) is 27.7 Å². The van der Waals surface area contributed by atoms with E-state index in [-0.39, 0.29) is 23.7 Å². The van der Waals surface area contributed by atoms with Gasteiger partial charge < -0.3 is 15.3 Å². The molecule has 3 rings (SSSR count). The number of piperazine rings is 1. The lowest BCUT2D eigenvalue weighted by molar-refractivity contribution is 0.0487. The Morgan fingerprint density at radius 1 is 0.771 bits per heavy atom. The lowest BCUT2D eigenvalue weighted by Crippen LogP contribution is -2.49. The summed E-state index contributed by atoms with van der Waals surface area (Å²) in [4.78, 5) is 29.6. The Bertz CT molecular complexity index is 940. The first kappa shape index (κ1) is 27.2. The van der Waals surface area contributed by atoms with E-state index >= 15 is 0 Å². The maximum Gasteiger partial charge on any atom is 0.193 e. The highest BCUT2D eigenvalue weighted by atomic mass is 16.3. The van der Waals surface area contributed by atoms with Crippen LogP contribution < -0.4 is 0 Å². The van der Waals surface area contributed by atoms with E-state index in [9.17, 15) is 24.9 Å². The minimum Gasteiger partial charge on any atom is -0.392 e. The van der Waals surface area contributed by atoms with Crippen LogP contribution in [0.1, 0.15) is 72.5 Å². The molecule has 0 aromatic heterocycles. The molecule has 1 saturated heterocycles. The van der Waals surface area contributed by atoms with Crippen LogP contribution >= 0.6 is 0 Å². The van der Waals surface area contributed by atoms with Crippen LogP contribution in [0.15, 0.2) is 48.5 Å². The van der Waals surface area contributed by atoms with Gasteiger partial charge in [-0.05, 0) is 45.7 Å². The normalized spacial score (nSPS) is 16.9. The molecule has 0 aliphatic carbocycles. The van der Waals surface area contributed by atoms with Crippen LogP contribution in [0.5, 0.6) is 0 Å². The second kappa shape index (κ2) is 10.7. The highest BCUT2D eigenvalue weighted by Gasteiger charge is 2.30. The lowest BCUT2D eigenvalue weighted by atomic mass is 9.90. The summed E-state index contributed by atoms with van der Waals surface area (Å²) in [5.41, 5.74) is 0.0277. The first-order chi connectivity index (χ1) is 16.3. The maximum atomic E-state index is 12.5. The number of hydrogen-bond acceptors (Lipinski definition) is 7. The highest BCUT2D eigenvalue weighted by molar-refractivity contribution is 6.02. The quantitative estimate of drug-likeness (QED) is 0.473. The standard InChI is InChI=1S/C28H38N2O5/c1-19(31)18-29-14-16-30(17-15-29)24(20-6-10-22(11-7-20)25(32)27(2,3)34)21-8-12-23(13-9-21)26(33)28(4,5)35/h6-13,19,24,31,34-35H,14-18H2,1-5H3. The van der Waals surface area contributed by atoms with Crippen LogP contribution in [0.2, 0.25) is 0 Å². The van der Waals surface area contributed by atoms with Gasteiger partial charge in [-0.25, -0.2) is 0 Å². The number of aliphatic hydroxyl groups excluding tert-OH is 1. The van der Waals surface area contributed by atoms with E-state index < -0.39 is 11.2 Å². The lowest BCUT2D eigenvalue weighted by Gasteiger charge is -2.40. The molecule has 0 amide bonds. The molecular weight excluding hydrogens is 444 g/mol. The fourth-order valence-corrected chi connectivity index (χ4v) is 4.53. The number of benzene rings is 2. The third-order valence-electron chi connectivity index (χ3n) is 6.38. The van der Waals surface area contributed by atoms with Crippen molar-refractivity contribution in [3.05, 3.63) is 70.8 Å². The predicted molar refractivity (Wildman–Crippen MR) is 136 cm³/mol. The molecule has 1 atom stereocenters. The molecule has 1 unspecified atom stereocenters. The van der Waals surface area contributed by atoms with Gasteiger partial charge in [0.15, 0.2) is 11.6 Å². The van der Waals surface area contributed by atoms with Gasteiger partial charge in [-0.3, -0.25) is 19.4 Å². The number of carbonyl (C=O) groups excluding carboxylic acids is 2. The van der Waals surface area contributed by atoms with Crippen LogP contribution in [0.3, 0.4) is 0 Å². The largest absolute Gasteiger partial charge is 0.392 e. The first-order valence-electron chi connectivity index (χ1n) is 12.2. The first-order valence-corrected chi connectivity index (χ1v) is 12.2. The minimum atomic E-state index is -1.44. The monoisotopic (exact) mass is 482 g/mol. The number of β-amino-alcohol motifs (C(OH)–C–C–N with tert-alkyl or cyclic N) is 1. The van der Waals surface area contributed by atoms with Crippen molar-refractivity contribution in [3.8, 4) is 0 Å². The molecule has 1 aliphatic rings. The van der Waals surface area contributed by atoms with Crippen molar-refractivity contribution in [2.45, 2.75) is 58.0 Å². The Morgan fingerprint density at radius 2 is 1.14 bits per heavy atom. The van der Waals surface area contributed by atoms with Crippen molar-refractivity contribution in [1.29, 1.82) is 0 Å². The van der Waals surface area contributed by atoms with Crippen molar-refractivity contribution in [2.75, 3.05) is 32.7 Å². The average Bonchev–Trinajstić information content (AvgIpc) is 2.79. The Morgan fingerprint density at radius 3 is 1.46 bits per heavy atom. The summed E-state index contributed by atoms with van der Waals surface area (Å²) < 4.78 is 0. The molecule has 0 spiro atoms. The zero-order valence-electron chi connectivity index (χ0n) is 21.4. The number of nitrogens with zero attached hydrogens (tertiary/aromatic N) is 2. The molecule has 2 aromatic rings. The number of hydrogen-bond donors (Lipinski definition) is 3. The zero-order chi connectivity index (χ0) is 26.0. The molecule has 1 heterocycles. The van der Waals surface area contributed by atoms with E-state index in [0.717, 1.165) is 37.3 Å². The van der Waals surface area contributed by atoms with Crippen LogP contribution in [-0.2, 0) is 0 Å². The van der Waals surface area contributed by atoms with Crippen LogP contribution in [-0.4, -0.2) is 86.7 Å². The van der Waals surface area contributed by atoms with Crippen molar-refractivity contribution in [3.63, 3.8) is 0 Å². The van der Waals surface area contributed by atoms with E-state index in [4.69, 9.17) is 0 Å². The molecular formula is C28H38N2O5. The van der Waals surface area contributed by atoms with Gasteiger partial charge in [-0.15, -0.1) is 0 Å². The van der Waals surface area contributed by atoms with Gasteiger partial charge >= 0.3 is 0 Å². The highest BCUT2D eigenvalue weighted by Crippen LogP contribution is 2.31. The third-order valence-corrected chi connectivity index (χ3v) is 6.38. The molecule has 7 nitrogen and oxygen atoms in total. The van der Waals surface area contributed by atoms with Gasteiger partial charge in [0.25, 0.3) is 0 Å². The van der Waals surface area contributed by atoms with Crippen LogP contribution in [0, 0.1) is 0 Å². The van der Waals surface area contributed by atoms with E-state index in [0.29, 0.717) is 17.7 Å². The summed E-state index contributed by atoms with van der Waals surface area (Å²) >= 11 is 0. The average molecular weight is 483 g/mol. The Kier molecular flexibility index (Phi) is 8.29. The summed E-state index contributed by atoms with van der Waals surface area (Å²) in [5.74, 6) is -0.663. The number of carbonyl (C=O) groups is 2. The van der Waals surface area contributed by atoms with Crippen molar-refractivity contribution < 1.29 is 24.9 Å². The molecule has 7 heteroatoms. The number of Topliss-reactive ketones (excluding diaryl/α,β-unsaturated/α-hetero) is 2. The molecule has 1 fully saturated rings. The molecule has 1 aliphatic heterocycles. The Balaban J connectivity index is 1.91. The predicted octanol–water partition coefficient (Wildman–Crippen LogP) is 2.68. The van der Waals surface area contributed by atoms with E-state index in [2.05, 4.69) is 9.80 Å². The van der Waals surface area contributed by atoms with Gasteiger partial charge in [-0.1, -0.05) is 48.5 Å². The number of aliphatic hydroxyl groups is 3. The van der Waals surface area contributed by atoms with Gasteiger partial charge in [0.2, 0.25) is 0 Å². The summed E-state index contributed by atoms with van der Waals surface area (Å²) in [7, 11) is 0. The minimum absolute atomic E-state index is 0.0960. The van der Waals surface area contributed by atoms with Gasteiger partial charge in [0.1, 0.15) is 11.2 Å². The maximum absolute atomic E-state index is 12.5. The molecule has 0 bridgehead atoms. The Labute approximate surface area is 208 Å². The summed E-state index contributed by atoms with van der Waals surface area (Å²) in [6.45, 7) is 11.6. The SMILES string of the molecule is CC(O)CN1CCN(C(c2ccc(C(=O)C(C)(C)O)cc2)c2ccc(C(=O)C(C)(C)O)cc2)CC1. The summed E-state index contributed by atoms with van der Waals surface area (Å²) in [5, 5.41) is 29.9. The van der Waals surface area contributed by atoms with Crippen molar-refractivity contribution in [2.24, 2.45) is 0 Å². The fraction of sp³-hybridized carbons (Fsp3) is 0.500. The molecule has 2 aromatic carbocycles. The number of rotatable bonds is 9. The summed E-state index contributed by atoms with van der Waals surface area (Å²) in [6, 6.07) is 14.6. The Hall–Kier alpha value is -2.42. The molecule has 0 saturated carbocycles. The molecule has 190 valence electrons. The molecule has 3 N–H and O–H groups in total. The van der Waals surface area contributed by atoms with Crippen molar-refractivity contribution in [1.82, 2.24) is 9.80 Å². The topological polar surface area (TPSA) is 101 Å². The van der Waals surface area contributed by atoms with Crippen LogP contribution in [0.4, 0.5) is 0 Å². The van der Waals surface area contributed by atoms with Gasteiger partial charge in [-0.2, -0.15) is 0 Å². The number of ketones is 2. The van der Waals surface area contributed by atoms with E-state index in [1.54, 1.807) is 31.2 Å². The second-order valence-corrected chi connectivity index (χ2v) is 10.6. The summed E-state index contributed by atoms with van der Waals surface area (Å²) in [6.07, 6.45) is -0.376.